The minimum absolute atomic E-state index is 0.172. The summed E-state index contributed by atoms with van der Waals surface area (Å²) in [5.41, 5.74) is -0.515. The van der Waals surface area contributed by atoms with E-state index in [1.165, 1.54) is 231 Å². The van der Waals surface area contributed by atoms with Crippen LogP contribution in [0.25, 0.3) is 0 Å². The van der Waals surface area contributed by atoms with Crippen molar-refractivity contribution < 1.29 is 11.4 Å². The molecule has 0 saturated carbocycles. The van der Waals surface area contributed by atoms with E-state index in [2.05, 4.69) is 62.3 Å². The van der Waals surface area contributed by atoms with Crippen molar-refractivity contribution in [2.24, 2.45) is 0 Å². The van der Waals surface area contributed by atoms with E-state index in [-0.39, 0.29) is 16.8 Å². The van der Waals surface area contributed by atoms with Crippen LogP contribution in [0.1, 0.15) is 332 Å². The largest absolute Gasteiger partial charge is 0.906 e. The molecule has 0 rings (SSSR count). The molecule has 0 aromatic rings. The summed E-state index contributed by atoms with van der Waals surface area (Å²) in [6, 6.07) is 0. The molecule has 4 heteroatoms. The van der Waals surface area contributed by atoms with Crippen molar-refractivity contribution in [2.75, 3.05) is 0 Å². The molecule has 0 N–H and O–H groups in total. The summed E-state index contributed by atoms with van der Waals surface area (Å²) in [6.45, 7) is 21.4. The fourth-order valence-electron chi connectivity index (χ4n) is 9.17. The molecule has 0 amide bonds. The predicted octanol–water partition coefficient (Wildman–Crippen LogP) is 19.8. The van der Waals surface area contributed by atoms with Crippen molar-refractivity contribution in [2.45, 2.75) is 349 Å². The lowest BCUT2D eigenvalue weighted by molar-refractivity contribution is -0.0923. The Morgan fingerprint density at radius 2 is 0.362 bits per heavy atom. The van der Waals surface area contributed by atoms with Gasteiger partial charge in [0.25, 0.3) is 0 Å². The van der Waals surface area contributed by atoms with Gasteiger partial charge in [0.1, 0.15) is 0 Å². The zero-order valence-electron chi connectivity index (χ0n) is 42.0. The summed E-state index contributed by atoms with van der Waals surface area (Å²) in [5, 5.41) is 0. The van der Waals surface area contributed by atoms with Crippen LogP contribution in [0.4, 0.5) is 0 Å². The summed E-state index contributed by atoms with van der Waals surface area (Å²) >= 11 is -2.53. The number of unbranched alkanes of at least 4 members (excludes halogenated alkanes) is 30. The van der Waals surface area contributed by atoms with Gasteiger partial charge in [-0.1, -0.05) is 273 Å². The Balaban J connectivity index is 6.53. The molecule has 0 aliphatic heterocycles. The maximum Gasteiger partial charge on any atom is 0.906 e. The van der Waals surface area contributed by atoms with Gasteiger partial charge < -0.3 is 11.4 Å². The van der Waals surface area contributed by atoms with Gasteiger partial charge >= 0.3 is 15.1 Å². The topological polar surface area (TPSA) is 27.7 Å². The van der Waals surface area contributed by atoms with Crippen molar-refractivity contribution >= 4 is 15.1 Å². The van der Waals surface area contributed by atoms with E-state index < -0.39 is 15.1 Å². The second kappa shape index (κ2) is 41.4. The fraction of sp³-hybridized carbons (Fsp3) is 1.00. The maximum absolute atomic E-state index is 7.62. The van der Waals surface area contributed by atoms with Gasteiger partial charge in [0.15, 0.2) is 0 Å². The average Bonchev–Trinajstić information content (AvgIpc) is 3.20. The van der Waals surface area contributed by atoms with Gasteiger partial charge in [-0.3, -0.25) is 0 Å². The second-order valence-electron chi connectivity index (χ2n) is 20.1. The smallest absolute Gasteiger partial charge is 0.449 e. The molecule has 0 heterocycles. The summed E-state index contributed by atoms with van der Waals surface area (Å²) in [4.78, 5) is 0. The first kappa shape index (κ1) is 58.4. The highest BCUT2D eigenvalue weighted by Crippen LogP contribution is 2.36. The van der Waals surface area contributed by atoms with Crippen molar-refractivity contribution in [1.82, 2.24) is 0 Å². The first-order valence-electron chi connectivity index (χ1n) is 27.2. The molecule has 0 aliphatic carbocycles. The average molecular weight is 835 g/mol. The molecule has 0 radical (unpaired) electrons. The van der Waals surface area contributed by atoms with Crippen LogP contribution in [0.3, 0.4) is 0 Å². The quantitative estimate of drug-likeness (QED) is 0.0451. The summed E-state index contributed by atoms with van der Waals surface area (Å²) < 4.78 is 22.9. The molecule has 0 unspecified atom stereocenters. The highest BCUT2D eigenvalue weighted by molar-refractivity contribution is 6.36. The Morgan fingerprint density at radius 1 is 0.224 bits per heavy atom. The zero-order chi connectivity index (χ0) is 42.9. The van der Waals surface area contributed by atoms with E-state index in [4.69, 9.17) is 11.4 Å². The van der Waals surface area contributed by atoms with E-state index in [0.717, 1.165) is 38.5 Å². The van der Waals surface area contributed by atoms with Gasteiger partial charge in [-0.15, -0.1) is 0 Å². The Labute approximate surface area is 373 Å². The van der Waals surface area contributed by atoms with Crippen LogP contribution in [-0.2, 0) is 11.4 Å². The lowest BCUT2D eigenvalue weighted by Crippen LogP contribution is -2.49. The van der Waals surface area contributed by atoms with Gasteiger partial charge in [-0.25, -0.2) is 0 Å². The van der Waals surface area contributed by atoms with Crippen LogP contribution in [0.15, 0.2) is 0 Å². The fourth-order valence-corrected chi connectivity index (χ4v) is 11.4. The van der Waals surface area contributed by atoms with E-state index in [9.17, 15) is 0 Å². The van der Waals surface area contributed by atoms with E-state index in [0.29, 0.717) is 0 Å². The molecule has 0 bridgehead atoms. The molecule has 3 nitrogen and oxygen atoms in total. The molecule has 0 fully saturated rings. The molecule has 0 saturated heterocycles. The van der Waals surface area contributed by atoms with Crippen LogP contribution in [-0.4, -0.2) is 32.0 Å². The van der Waals surface area contributed by atoms with E-state index in [1.54, 1.807) is 0 Å². The Kier molecular flexibility index (Phi) is 41.7. The SMILES string of the molecule is CCCCCCCCC(C)(CCCCCCCC)[O][Al]([O]C(C)(CCCCCCCC)CCCCCCCC)[O]C(C)(CCCCCCCC)CCCCCCCC. The highest BCUT2D eigenvalue weighted by Gasteiger charge is 2.48. The third-order valence-corrected chi connectivity index (χ3v) is 15.8. The normalized spacial score (nSPS) is 12.6. The van der Waals surface area contributed by atoms with Gasteiger partial charge in [-0.2, -0.15) is 0 Å². The molecule has 348 valence electrons. The molecule has 0 aromatic heterocycles. The summed E-state index contributed by atoms with van der Waals surface area (Å²) in [5.74, 6) is 0. The van der Waals surface area contributed by atoms with Crippen molar-refractivity contribution in [3.63, 3.8) is 0 Å². The number of rotatable bonds is 48. The second-order valence-corrected chi connectivity index (χ2v) is 21.4. The van der Waals surface area contributed by atoms with Gasteiger partial charge in [0, 0.05) is 16.8 Å². The highest BCUT2D eigenvalue weighted by atomic mass is 27.3. The Morgan fingerprint density at radius 3 is 0.517 bits per heavy atom. The molecule has 0 aromatic carbocycles. The van der Waals surface area contributed by atoms with Crippen LogP contribution in [0.2, 0.25) is 0 Å². The maximum atomic E-state index is 7.62. The van der Waals surface area contributed by atoms with Crippen LogP contribution in [0, 0.1) is 0 Å². The van der Waals surface area contributed by atoms with Gasteiger partial charge in [0.05, 0.1) is 0 Å². The van der Waals surface area contributed by atoms with Crippen molar-refractivity contribution in [1.29, 1.82) is 0 Å². The molecule has 0 atom stereocenters. The van der Waals surface area contributed by atoms with Crippen molar-refractivity contribution in [3.05, 3.63) is 0 Å². The monoisotopic (exact) mass is 835 g/mol. The van der Waals surface area contributed by atoms with Gasteiger partial charge in [0.2, 0.25) is 0 Å². The number of hydrogen-bond acceptors (Lipinski definition) is 3. The van der Waals surface area contributed by atoms with Crippen LogP contribution >= 0.6 is 0 Å². The van der Waals surface area contributed by atoms with Crippen LogP contribution in [0.5, 0.6) is 0 Å². The third-order valence-electron chi connectivity index (χ3n) is 13.5. The number of hydrogen-bond donors (Lipinski definition) is 0. The first-order chi connectivity index (χ1) is 28.1. The van der Waals surface area contributed by atoms with E-state index in [1.807, 2.05) is 0 Å². The predicted molar refractivity (Wildman–Crippen MR) is 262 cm³/mol. The lowest BCUT2D eigenvalue weighted by atomic mass is 9.91. The lowest BCUT2D eigenvalue weighted by Gasteiger charge is -2.41. The third kappa shape index (κ3) is 36.0. The Bertz CT molecular complexity index is 663. The first-order valence-corrected chi connectivity index (χ1v) is 28.6. The summed E-state index contributed by atoms with van der Waals surface area (Å²) in [6.07, 6.45) is 54.8. The molecule has 0 aliphatic rings. The van der Waals surface area contributed by atoms with E-state index >= 15 is 0 Å². The van der Waals surface area contributed by atoms with Crippen molar-refractivity contribution in [3.8, 4) is 0 Å². The molecule has 58 heavy (non-hydrogen) atoms. The Hall–Kier alpha value is 0.412. The minimum Gasteiger partial charge on any atom is -0.449 e. The summed E-state index contributed by atoms with van der Waals surface area (Å²) in [7, 11) is 0. The molecule has 0 spiro atoms. The minimum atomic E-state index is -2.53. The zero-order valence-corrected chi connectivity index (χ0v) is 43.2. The van der Waals surface area contributed by atoms with Crippen LogP contribution < -0.4 is 0 Å². The standard InChI is InChI=1S/3C18H37O.Al/c3*1-4-6-8-10-12-14-16-18(3,19)17-15-13-11-9-7-5-2;/h3*4-17H2,1-3H3;/q3*-1;+3. The van der Waals surface area contributed by atoms with Gasteiger partial charge in [-0.05, 0) is 59.3 Å². The molecular formula is C54H111AlO3. The molecular weight excluding hydrogens is 724 g/mol.